The predicted octanol–water partition coefficient (Wildman–Crippen LogP) is 3.97. The molecular formula is C21H18N4O. The largest absolute Gasteiger partial charge is 0.326 e. The number of carbonyl (C=O) groups excluding carboxylic acids is 1. The Morgan fingerprint density at radius 1 is 1.04 bits per heavy atom. The monoisotopic (exact) mass is 342 g/mol. The van der Waals surface area contributed by atoms with Gasteiger partial charge in [0, 0.05) is 42.5 Å². The van der Waals surface area contributed by atoms with Crippen molar-refractivity contribution in [2.45, 2.75) is 12.8 Å². The Hall–Kier alpha value is -3.47. The topological polar surface area (TPSA) is 59.3 Å². The molecule has 0 aliphatic heterocycles. The fraction of sp³-hybridized carbons (Fsp3) is 0.0952. The number of hydrogen-bond donors (Lipinski definition) is 1. The van der Waals surface area contributed by atoms with E-state index in [-0.39, 0.29) is 5.91 Å². The molecule has 26 heavy (non-hydrogen) atoms. The molecule has 3 heterocycles. The lowest BCUT2D eigenvalue weighted by atomic mass is 10.1. The first-order chi connectivity index (χ1) is 12.8. The van der Waals surface area contributed by atoms with Gasteiger partial charge in [0.25, 0.3) is 0 Å². The van der Waals surface area contributed by atoms with Crippen LogP contribution < -0.4 is 5.32 Å². The van der Waals surface area contributed by atoms with E-state index in [0.717, 1.165) is 28.2 Å². The molecule has 0 atom stereocenters. The van der Waals surface area contributed by atoms with Crippen LogP contribution in [0.5, 0.6) is 0 Å². The molecule has 0 saturated heterocycles. The predicted molar refractivity (Wildman–Crippen MR) is 102 cm³/mol. The van der Waals surface area contributed by atoms with Crippen LogP contribution in [0.25, 0.3) is 16.9 Å². The van der Waals surface area contributed by atoms with Gasteiger partial charge in [-0.1, -0.05) is 24.3 Å². The Morgan fingerprint density at radius 3 is 2.69 bits per heavy atom. The molecule has 0 bridgehead atoms. The van der Waals surface area contributed by atoms with Gasteiger partial charge >= 0.3 is 0 Å². The summed E-state index contributed by atoms with van der Waals surface area (Å²) in [5, 5.41) is 2.93. The van der Waals surface area contributed by atoms with Crippen LogP contribution in [0.15, 0.2) is 79.4 Å². The maximum Gasteiger partial charge on any atom is 0.224 e. The molecule has 0 fully saturated rings. The second-order valence-corrected chi connectivity index (χ2v) is 6.08. The highest BCUT2D eigenvalue weighted by atomic mass is 16.1. The van der Waals surface area contributed by atoms with Crippen LogP contribution in [0.2, 0.25) is 0 Å². The molecule has 1 amide bonds. The van der Waals surface area contributed by atoms with Crippen molar-refractivity contribution < 1.29 is 4.79 Å². The summed E-state index contributed by atoms with van der Waals surface area (Å²) in [7, 11) is 0. The highest BCUT2D eigenvalue weighted by Gasteiger charge is 2.06. The summed E-state index contributed by atoms with van der Waals surface area (Å²) < 4.78 is 1.99. The third-order valence-corrected chi connectivity index (χ3v) is 4.19. The van der Waals surface area contributed by atoms with Gasteiger partial charge in [-0.05, 0) is 42.3 Å². The van der Waals surface area contributed by atoms with E-state index in [9.17, 15) is 4.79 Å². The summed E-state index contributed by atoms with van der Waals surface area (Å²) in [6.07, 6.45) is 8.60. The van der Waals surface area contributed by atoms with Crippen LogP contribution in [-0.2, 0) is 11.2 Å². The number of anilines is 1. The molecule has 1 aromatic carbocycles. The van der Waals surface area contributed by atoms with E-state index in [2.05, 4.69) is 15.3 Å². The smallest absolute Gasteiger partial charge is 0.224 e. The molecule has 128 valence electrons. The zero-order chi connectivity index (χ0) is 17.8. The fourth-order valence-corrected chi connectivity index (χ4v) is 2.83. The van der Waals surface area contributed by atoms with Crippen molar-refractivity contribution in [3.05, 3.63) is 84.9 Å². The Bertz CT molecular complexity index is 990. The maximum atomic E-state index is 12.1. The highest BCUT2D eigenvalue weighted by Crippen LogP contribution is 2.21. The standard InChI is InChI=1S/C21H18N4O/c26-21(11-6-16-4-3-12-22-14-16)23-18-9-7-17(8-10-18)19-15-25-13-2-1-5-20(25)24-19/h1-5,7-10,12-15H,6,11H2,(H,23,26). The number of benzene rings is 1. The molecule has 4 rings (SSSR count). The number of nitrogens with one attached hydrogen (secondary N) is 1. The number of imidazole rings is 1. The minimum atomic E-state index is -0.00525. The highest BCUT2D eigenvalue weighted by molar-refractivity contribution is 5.91. The lowest BCUT2D eigenvalue weighted by Gasteiger charge is -2.06. The molecule has 0 saturated carbocycles. The zero-order valence-electron chi connectivity index (χ0n) is 14.2. The van der Waals surface area contributed by atoms with Gasteiger partial charge in [0.1, 0.15) is 5.65 Å². The summed E-state index contributed by atoms with van der Waals surface area (Å²) in [5.74, 6) is -0.00525. The third kappa shape index (κ3) is 3.62. The maximum absolute atomic E-state index is 12.1. The number of rotatable bonds is 5. The molecule has 5 heteroatoms. The van der Waals surface area contributed by atoms with Crippen LogP contribution in [0.3, 0.4) is 0 Å². The van der Waals surface area contributed by atoms with E-state index >= 15 is 0 Å². The second kappa shape index (κ2) is 7.19. The van der Waals surface area contributed by atoms with Gasteiger partial charge in [-0.3, -0.25) is 9.78 Å². The van der Waals surface area contributed by atoms with Crippen molar-refractivity contribution in [2.75, 3.05) is 5.32 Å². The Kier molecular flexibility index (Phi) is 4.43. The van der Waals surface area contributed by atoms with Gasteiger partial charge in [0.05, 0.1) is 5.69 Å². The van der Waals surface area contributed by atoms with Crippen molar-refractivity contribution in [3.8, 4) is 11.3 Å². The lowest BCUT2D eigenvalue weighted by molar-refractivity contribution is -0.116. The number of aromatic nitrogens is 3. The van der Waals surface area contributed by atoms with Crippen LogP contribution in [0.1, 0.15) is 12.0 Å². The summed E-state index contributed by atoms with van der Waals surface area (Å²) in [6, 6.07) is 17.5. The minimum absolute atomic E-state index is 0.00525. The van der Waals surface area contributed by atoms with Crippen LogP contribution in [0.4, 0.5) is 5.69 Å². The fourth-order valence-electron chi connectivity index (χ4n) is 2.83. The molecule has 4 aromatic rings. The number of aryl methyl sites for hydroxylation is 1. The number of hydrogen-bond acceptors (Lipinski definition) is 3. The van der Waals surface area contributed by atoms with Crippen molar-refractivity contribution in [3.63, 3.8) is 0 Å². The molecule has 0 unspecified atom stereocenters. The van der Waals surface area contributed by atoms with Gasteiger partial charge in [-0.15, -0.1) is 0 Å². The van der Waals surface area contributed by atoms with Gasteiger partial charge in [-0.25, -0.2) is 4.98 Å². The summed E-state index contributed by atoms with van der Waals surface area (Å²) in [5.41, 5.74) is 4.68. The van der Waals surface area contributed by atoms with Crippen molar-refractivity contribution in [1.82, 2.24) is 14.4 Å². The Balaban J connectivity index is 1.40. The summed E-state index contributed by atoms with van der Waals surface area (Å²) in [4.78, 5) is 20.8. The third-order valence-electron chi connectivity index (χ3n) is 4.19. The average Bonchev–Trinajstić information content (AvgIpc) is 3.12. The number of amides is 1. The SMILES string of the molecule is O=C(CCc1cccnc1)Nc1ccc(-c2cn3ccccc3n2)cc1. The van der Waals surface area contributed by atoms with Crippen LogP contribution in [-0.4, -0.2) is 20.3 Å². The second-order valence-electron chi connectivity index (χ2n) is 6.08. The van der Waals surface area contributed by atoms with E-state index < -0.39 is 0 Å². The number of pyridine rings is 2. The summed E-state index contributed by atoms with van der Waals surface area (Å²) >= 11 is 0. The number of carbonyl (C=O) groups is 1. The molecule has 5 nitrogen and oxygen atoms in total. The number of fused-ring (bicyclic) bond motifs is 1. The quantitative estimate of drug-likeness (QED) is 0.597. The van der Waals surface area contributed by atoms with E-state index in [4.69, 9.17) is 0 Å². The first-order valence-corrected chi connectivity index (χ1v) is 8.51. The van der Waals surface area contributed by atoms with E-state index in [0.29, 0.717) is 12.8 Å². The first-order valence-electron chi connectivity index (χ1n) is 8.51. The Labute approximate surface area is 151 Å². The van der Waals surface area contributed by atoms with Gasteiger partial charge in [-0.2, -0.15) is 0 Å². The van der Waals surface area contributed by atoms with E-state index in [1.165, 1.54) is 0 Å². The number of nitrogens with zero attached hydrogens (tertiary/aromatic N) is 3. The molecule has 0 spiro atoms. The summed E-state index contributed by atoms with van der Waals surface area (Å²) in [6.45, 7) is 0. The van der Waals surface area contributed by atoms with Crippen molar-refractivity contribution in [2.24, 2.45) is 0 Å². The first kappa shape index (κ1) is 16.0. The molecule has 0 aliphatic carbocycles. The Morgan fingerprint density at radius 2 is 1.92 bits per heavy atom. The van der Waals surface area contributed by atoms with E-state index in [1.807, 2.05) is 71.4 Å². The van der Waals surface area contributed by atoms with Gasteiger partial charge < -0.3 is 9.72 Å². The molecule has 0 aliphatic rings. The lowest BCUT2D eigenvalue weighted by Crippen LogP contribution is -2.12. The van der Waals surface area contributed by atoms with Crippen molar-refractivity contribution >= 4 is 17.2 Å². The molecule has 1 N–H and O–H groups in total. The minimum Gasteiger partial charge on any atom is -0.326 e. The van der Waals surface area contributed by atoms with E-state index in [1.54, 1.807) is 12.4 Å². The molecular weight excluding hydrogens is 324 g/mol. The van der Waals surface area contributed by atoms with Gasteiger partial charge in [0.15, 0.2) is 0 Å². The molecule has 0 radical (unpaired) electrons. The average molecular weight is 342 g/mol. The normalized spacial score (nSPS) is 10.8. The van der Waals surface area contributed by atoms with Gasteiger partial charge in [0.2, 0.25) is 5.91 Å². The zero-order valence-corrected chi connectivity index (χ0v) is 14.2. The molecule has 3 aromatic heterocycles. The van der Waals surface area contributed by atoms with Crippen molar-refractivity contribution in [1.29, 1.82) is 0 Å². The van der Waals surface area contributed by atoms with Crippen LogP contribution in [0, 0.1) is 0 Å². The van der Waals surface area contributed by atoms with Crippen LogP contribution >= 0.6 is 0 Å².